The topological polar surface area (TPSA) is 54.4 Å². The molecule has 3 unspecified atom stereocenters. The normalized spacial score (nSPS) is 45.7. The minimum absolute atomic E-state index is 0.00597. The smallest absolute Gasteiger partial charge is 0.166 e. The van der Waals surface area contributed by atoms with Gasteiger partial charge in [0, 0.05) is 19.3 Å². The molecular weight excluding hydrogens is 468 g/mol. The van der Waals surface area contributed by atoms with Crippen molar-refractivity contribution in [2.75, 3.05) is 0 Å². The molecule has 3 heteroatoms. The lowest BCUT2D eigenvalue weighted by Gasteiger charge is -2.60. The van der Waals surface area contributed by atoms with Gasteiger partial charge in [0.05, 0.1) is 5.92 Å². The number of carbonyl (C=O) groups excluding carboxylic acids is 2. The van der Waals surface area contributed by atoms with Gasteiger partial charge in [-0.1, -0.05) is 71.6 Å². The van der Waals surface area contributed by atoms with Gasteiger partial charge in [-0.05, 0) is 97.2 Å². The summed E-state index contributed by atoms with van der Waals surface area (Å²) in [4.78, 5) is 26.9. The second kappa shape index (κ2) is 10.3. The number of Topliss-reactive ketones (excluding diaryl/α,β-unsaturated/α-hetero) is 2. The van der Waals surface area contributed by atoms with E-state index in [2.05, 4.69) is 47.3 Å². The summed E-state index contributed by atoms with van der Waals surface area (Å²) >= 11 is 0. The van der Waals surface area contributed by atoms with Crippen molar-refractivity contribution >= 4 is 11.6 Å². The van der Waals surface area contributed by atoms with Crippen molar-refractivity contribution in [3.63, 3.8) is 0 Å². The summed E-state index contributed by atoms with van der Waals surface area (Å²) in [6.45, 7) is 16.1. The number of aliphatic hydroxyl groups is 1. The molecule has 4 saturated carbocycles. The Balaban J connectivity index is 1.38. The van der Waals surface area contributed by atoms with E-state index in [1.165, 1.54) is 50.5 Å². The second-order valence-corrected chi connectivity index (χ2v) is 15.3. The lowest BCUT2D eigenvalue weighted by molar-refractivity contribution is -0.162. The summed E-state index contributed by atoms with van der Waals surface area (Å²) in [6.07, 6.45) is 17.1. The molecule has 0 amide bonds. The van der Waals surface area contributed by atoms with Gasteiger partial charge in [-0.2, -0.15) is 0 Å². The molecule has 0 bridgehead atoms. The van der Waals surface area contributed by atoms with Crippen molar-refractivity contribution in [2.45, 2.75) is 124 Å². The molecule has 0 spiro atoms. The van der Waals surface area contributed by atoms with Crippen molar-refractivity contribution in [3.8, 4) is 0 Å². The molecular formula is C35H54O3. The molecule has 10 atom stereocenters. The van der Waals surface area contributed by atoms with Crippen LogP contribution in [-0.2, 0) is 9.59 Å². The van der Waals surface area contributed by atoms with Crippen LogP contribution in [0.15, 0.2) is 24.3 Å². The fraction of sp³-hybridized carbons (Fsp3) is 0.829. The third-order valence-electron chi connectivity index (χ3n) is 12.9. The third-order valence-corrected chi connectivity index (χ3v) is 12.9. The van der Waals surface area contributed by atoms with Gasteiger partial charge in [-0.25, -0.2) is 0 Å². The molecule has 0 aromatic rings. The van der Waals surface area contributed by atoms with E-state index in [1.807, 2.05) is 0 Å². The first-order valence-corrected chi connectivity index (χ1v) is 16.0. The van der Waals surface area contributed by atoms with Crippen molar-refractivity contribution in [2.24, 2.45) is 58.2 Å². The Kier molecular flexibility index (Phi) is 7.68. The van der Waals surface area contributed by atoms with Crippen molar-refractivity contribution in [1.29, 1.82) is 0 Å². The van der Waals surface area contributed by atoms with Gasteiger partial charge in [0.1, 0.15) is 11.4 Å². The molecule has 5 aliphatic carbocycles. The number of fused-ring (bicyclic) bond motifs is 6. The molecule has 3 nitrogen and oxygen atoms in total. The summed E-state index contributed by atoms with van der Waals surface area (Å²) in [5.41, 5.74) is 0.106. The predicted octanol–water partition coefficient (Wildman–Crippen LogP) is 8.11. The zero-order valence-corrected chi connectivity index (χ0v) is 24.9. The Morgan fingerprint density at radius 1 is 1.08 bits per heavy atom. The lowest BCUT2D eigenvalue weighted by atomic mass is 9.44. The van der Waals surface area contributed by atoms with Gasteiger partial charge in [0.2, 0.25) is 0 Å². The van der Waals surface area contributed by atoms with Crippen LogP contribution in [-0.4, -0.2) is 22.3 Å². The van der Waals surface area contributed by atoms with Crippen LogP contribution in [0.2, 0.25) is 0 Å². The minimum Gasteiger partial charge on any atom is -0.381 e. The first-order chi connectivity index (χ1) is 17.9. The molecule has 0 heterocycles. The Bertz CT molecular complexity index is 978. The van der Waals surface area contributed by atoms with E-state index < -0.39 is 11.5 Å². The van der Waals surface area contributed by atoms with Crippen LogP contribution in [0.4, 0.5) is 0 Å². The van der Waals surface area contributed by atoms with Gasteiger partial charge in [-0.15, -0.1) is 6.58 Å². The number of hydrogen-bond donors (Lipinski definition) is 1. The highest BCUT2D eigenvalue weighted by molar-refractivity contribution is 5.96. The van der Waals surface area contributed by atoms with Gasteiger partial charge in [0.25, 0.3) is 0 Å². The molecule has 5 rings (SSSR count). The maximum atomic E-state index is 13.5. The average molecular weight is 523 g/mol. The molecule has 0 aliphatic heterocycles. The predicted molar refractivity (Wildman–Crippen MR) is 154 cm³/mol. The maximum absolute atomic E-state index is 13.5. The van der Waals surface area contributed by atoms with Gasteiger partial charge >= 0.3 is 0 Å². The standard InChI is InChI=1S/C35H54O3/c1-7-24-11-16-31(36)30-21-34(6)25(20-35(30,38)32(37)19-24)12-13-26-28-15-14-27(23(4)10-8-9-22(2)3)33(28,5)18-17-29(26)34/h7,12,22-24,26-30,38H,1,8-11,13-21H2,2-6H3/t23-,24?,26+,27-,28+,29+,30?,33-,34+,35?/m1/s1. The van der Waals surface area contributed by atoms with Crippen LogP contribution >= 0.6 is 0 Å². The molecule has 212 valence electrons. The van der Waals surface area contributed by atoms with E-state index in [0.717, 1.165) is 30.1 Å². The van der Waals surface area contributed by atoms with E-state index in [-0.39, 0.29) is 22.9 Å². The molecule has 38 heavy (non-hydrogen) atoms. The molecule has 0 saturated heterocycles. The summed E-state index contributed by atoms with van der Waals surface area (Å²) in [6, 6.07) is 0. The first-order valence-electron chi connectivity index (χ1n) is 16.0. The van der Waals surface area contributed by atoms with Crippen LogP contribution in [0.25, 0.3) is 0 Å². The molecule has 0 aromatic heterocycles. The second-order valence-electron chi connectivity index (χ2n) is 15.3. The maximum Gasteiger partial charge on any atom is 0.166 e. The van der Waals surface area contributed by atoms with Gasteiger partial charge in [0.15, 0.2) is 5.78 Å². The number of rotatable bonds is 6. The fourth-order valence-electron chi connectivity index (χ4n) is 10.6. The van der Waals surface area contributed by atoms with Crippen molar-refractivity contribution in [1.82, 2.24) is 0 Å². The van der Waals surface area contributed by atoms with Crippen LogP contribution in [0.3, 0.4) is 0 Å². The molecule has 1 N–H and O–H groups in total. The molecule has 0 radical (unpaired) electrons. The SMILES string of the molecule is C=CC1CCC(=O)C2C[C@@]3(C)C(=CC[C@H]4[C@@H]5CC[C@H]([C@H](C)CCCC(C)C)[C@@]5(C)CC[C@@H]43)CC2(O)C(=O)C1. The largest absolute Gasteiger partial charge is 0.381 e. The van der Waals surface area contributed by atoms with Gasteiger partial charge < -0.3 is 5.11 Å². The number of ketones is 2. The van der Waals surface area contributed by atoms with E-state index in [0.29, 0.717) is 49.4 Å². The number of carbonyl (C=O) groups is 2. The Morgan fingerprint density at radius 3 is 2.55 bits per heavy atom. The molecule has 0 aromatic carbocycles. The van der Waals surface area contributed by atoms with Crippen molar-refractivity contribution < 1.29 is 14.7 Å². The van der Waals surface area contributed by atoms with Crippen molar-refractivity contribution in [3.05, 3.63) is 24.3 Å². The van der Waals surface area contributed by atoms with Crippen LogP contribution in [0, 0.1) is 58.2 Å². The monoisotopic (exact) mass is 522 g/mol. The van der Waals surface area contributed by atoms with E-state index in [9.17, 15) is 14.7 Å². The average Bonchev–Trinajstić information content (AvgIpc) is 3.22. The van der Waals surface area contributed by atoms with E-state index in [4.69, 9.17) is 0 Å². The highest BCUT2D eigenvalue weighted by Gasteiger charge is 2.63. The quantitative estimate of drug-likeness (QED) is 0.358. The van der Waals surface area contributed by atoms with Crippen LogP contribution in [0.1, 0.15) is 118 Å². The number of allylic oxidation sites excluding steroid dienone is 2. The van der Waals surface area contributed by atoms with E-state index >= 15 is 0 Å². The Morgan fingerprint density at radius 2 is 1.84 bits per heavy atom. The fourth-order valence-corrected chi connectivity index (χ4v) is 10.6. The minimum atomic E-state index is -1.52. The van der Waals surface area contributed by atoms with Gasteiger partial charge in [-0.3, -0.25) is 9.59 Å². The third kappa shape index (κ3) is 4.51. The van der Waals surface area contributed by atoms with E-state index in [1.54, 1.807) is 6.08 Å². The summed E-state index contributed by atoms with van der Waals surface area (Å²) in [7, 11) is 0. The molecule has 4 fully saturated rings. The number of hydrogen-bond acceptors (Lipinski definition) is 3. The zero-order valence-electron chi connectivity index (χ0n) is 24.9. The zero-order chi connectivity index (χ0) is 27.5. The Labute approximate surface area is 232 Å². The summed E-state index contributed by atoms with van der Waals surface area (Å²) < 4.78 is 0. The van der Waals surface area contributed by atoms with Crippen LogP contribution in [0.5, 0.6) is 0 Å². The van der Waals surface area contributed by atoms with Crippen LogP contribution < -0.4 is 0 Å². The Hall–Kier alpha value is -1.22. The summed E-state index contributed by atoms with van der Waals surface area (Å²) in [5, 5.41) is 11.8. The summed E-state index contributed by atoms with van der Waals surface area (Å²) in [5.74, 6) is 3.84. The highest BCUT2D eigenvalue weighted by atomic mass is 16.3. The lowest BCUT2D eigenvalue weighted by Crippen LogP contribution is -2.60. The first kappa shape index (κ1) is 28.3. The highest BCUT2D eigenvalue weighted by Crippen LogP contribution is 2.68. The molecule has 5 aliphatic rings.